The van der Waals surface area contributed by atoms with Gasteiger partial charge in [0.25, 0.3) is 0 Å². The van der Waals surface area contributed by atoms with Crippen molar-refractivity contribution >= 4 is 18.5 Å². The summed E-state index contributed by atoms with van der Waals surface area (Å²) in [5.41, 5.74) is 2.21. The Balaban J connectivity index is 0.00000544. The van der Waals surface area contributed by atoms with Crippen molar-refractivity contribution in [2.45, 2.75) is 76.9 Å². The van der Waals surface area contributed by atoms with Gasteiger partial charge >= 0.3 is 6.09 Å². The lowest BCUT2D eigenvalue weighted by atomic mass is 9.92. The molecule has 0 aliphatic rings. The van der Waals surface area contributed by atoms with Crippen molar-refractivity contribution in [1.82, 2.24) is 5.32 Å². The number of halogens is 1. The Labute approximate surface area is 205 Å². The maximum atomic E-state index is 12.2. The van der Waals surface area contributed by atoms with Gasteiger partial charge in [0.15, 0.2) is 0 Å². The highest BCUT2D eigenvalue weighted by molar-refractivity contribution is 5.85. The third-order valence-corrected chi connectivity index (χ3v) is 5.92. The predicted octanol–water partition coefficient (Wildman–Crippen LogP) is 5.59. The van der Waals surface area contributed by atoms with Gasteiger partial charge in [0.1, 0.15) is 6.61 Å². The molecule has 0 atom stereocenters. The van der Waals surface area contributed by atoms with E-state index in [4.69, 9.17) is 4.74 Å². The molecular weight excluding hydrogens is 438 g/mol. The molecule has 2 aromatic rings. The summed E-state index contributed by atoms with van der Waals surface area (Å²) in [7, 11) is 0. The second-order valence-corrected chi connectivity index (χ2v) is 8.62. The Morgan fingerprint density at radius 1 is 0.818 bits per heavy atom. The standard InChI is InChI=1S/C27H39NO4.ClH/c1-2-3-4-5-6-8-11-23-14-16-24(17-15-23)18-19-27(21-29,22-30)28-26(31)32-20-25-12-9-7-10-13-25;/h7,9-10,12-17,29-30H,2-6,8,11,18-22H2,1H3,(H,28,31);1H. The van der Waals surface area contributed by atoms with Crippen molar-refractivity contribution in [1.29, 1.82) is 0 Å². The van der Waals surface area contributed by atoms with E-state index in [9.17, 15) is 15.0 Å². The minimum Gasteiger partial charge on any atom is -0.445 e. The van der Waals surface area contributed by atoms with Gasteiger partial charge in [-0.1, -0.05) is 93.6 Å². The first kappa shape index (κ1) is 29.0. The molecule has 6 heteroatoms. The van der Waals surface area contributed by atoms with Gasteiger partial charge in [0.05, 0.1) is 18.8 Å². The van der Waals surface area contributed by atoms with Crippen LogP contribution in [-0.4, -0.2) is 35.1 Å². The number of carbonyl (C=O) groups excluding carboxylic acids is 1. The Morgan fingerprint density at radius 2 is 1.39 bits per heavy atom. The third kappa shape index (κ3) is 11.1. The molecule has 0 heterocycles. The minimum atomic E-state index is -1.12. The van der Waals surface area contributed by atoms with Gasteiger partial charge in [-0.15, -0.1) is 12.4 Å². The molecule has 0 spiro atoms. The first-order valence-corrected chi connectivity index (χ1v) is 11.9. The predicted molar refractivity (Wildman–Crippen MR) is 136 cm³/mol. The van der Waals surface area contributed by atoms with Crippen LogP contribution < -0.4 is 5.32 Å². The SMILES string of the molecule is CCCCCCCCc1ccc(CCC(CO)(CO)NC(=O)OCc2ccccc2)cc1.Cl. The lowest BCUT2D eigenvalue weighted by molar-refractivity contribution is 0.0677. The van der Waals surface area contributed by atoms with Crippen molar-refractivity contribution in [3.63, 3.8) is 0 Å². The summed E-state index contributed by atoms with van der Waals surface area (Å²) in [5.74, 6) is 0. The van der Waals surface area contributed by atoms with Crippen LogP contribution in [0.1, 0.15) is 68.6 Å². The molecule has 2 aromatic carbocycles. The summed E-state index contributed by atoms with van der Waals surface area (Å²) in [5, 5.41) is 22.4. The van der Waals surface area contributed by atoms with Gasteiger partial charge in [0.2, 0.25) is 0 Å². The topological polar surface area (TPSA) is 78.8 Å². The molecular formula is C27H40ClNO4. The Hall–Kier alpha value is -2.08. The number of hydrogen-bond donors (Lipinski definition) is 3. The van der Waals surface area contributed by atoms with Gasteiger partial charge in [-0.3, -0.25) is 0 Å². The zero-order valence-electron chi connectivity index (χ0n) is 19.8. The average molecular weight is 478 g/mol. The van der Waals surface area contributed by atoms with Crippen LogP contribution in [0.3, 0.4) is 0 Å². The van der Waals surface area contributed by atoms with E-state index in [1.165, 1.54) is 44.1 Å². The number of amides is 1. The highest BCUT2D eigenvalue weighted by Gasteiger charge is 2.31. The second-order valence-electron chi connectivity index (χ2n) is 8.62. The number of alkyl carbamates (subject to hydrolysis) is 1. The van der Waals surface area contributed by atoms with E-state index >= 15 is 0 Å². The molecule has 0 radical (unpaired) electrons. The van der Waals surface area contributed by atoms with E-state index in [-0.39, 0.29) is 32.2 Å². The summed E-state index contributed by atoms with van der Waals surface area (Å²) in [6.45, 7) is 1.65. The summed E-state index contributed by atoms with van der Waals surface area (Å²) < 4.78 is 5.25. The number of hydrogen-bond acceptors (Lipinski definition) is 4. The molecule has 33 heavy (non-hydrogen) atoms. The molecule has 3 N–H and O–H groups in total. The van der Waals surface area contributed by atoms with Gasteiger partial charge in [-0.25, -0.2) is 4.79 Å². The van der Waals surface area contributed by atoms with Gasteiger partial charge < -0.3 is 20.3 Å². The van der Waals surface area contributed by atoms with Gasteiger partial charge in [0, 0.05) is 0 Å². The summed E-state index contributed by atoms with van der Waals surface area (Å²) in [6, 6.07) is 17.9. The Kier molecular flexibility index (Phi) is 14.5. The highest BCUT2D eigenvalue weighted by Crippen LogP contribution is 2.17. The number of ether oxygens (including phenoxy) is 1. The molecule has 0 unspecified atom stereocenters. The van der Waals surface area contributed by atoms with Crippen molar-refractivity contribution < 1.29 is 19.7 Å². The lowest BCUT2D eigenvalue weighted by Gasteiger charge is -2.30. The normalized spacial score (nSPS) is 11.0. The van der Waals surface area contributed by atoms with E-state index in [0.717, 1.165) is 17.5 Å². The van der Waals surface area contributed by atoms with Crippen LogP contribution in [0.4, 0.5) is 4.79 Å². The van der Waals surface area contributed by atoms with Crippen molar-refractivity contribution in [2.75, 3.05) is 13.2 Å². The molecule has 0 fully saturated rings. The van der Waals surface area contributed by atoms with Crippen LogP contribution >= 0.6 is 12.4 Å². The number of aliphatic hydroxyl groups excluding tert-OH is 2. The molecule has 0 saturated carbocycles. The maximum absolute atomic E-state index is 12.2. The molecule has 0 saturated heterocycles. The van der Waals surface area contributed by atoms with Crippen LogP contribution in [0.15, 0.2) is 54.6 Å². The number of aliphatic hydroxyl groups is 2. The van der Waals surface area contributed by atoms with E-state index in [2.05, 4.69) is 36.5 Å². The quantitative estimate of drug-likeness (QED) is 0.292. The number of unbranched alkanes of at least 4 members (excludes halogenated alkanes) is 5. The smallest absolute Gasteiger partial charge is 0.408 e. The van der Waals surface area contributed by atoms with E-state index < -0.39 is 11.6 Å². The van der Waals surface area contributed by atoms with Crippen LogP contribution in [0.5, 0.6) is 0 Å². The molecule has 1 amide bonds. The number of benzene rings is 2. The molecule has 184 valence electrons. The lowest BCUT2D eigenvalue weighted by Crippen LogP contribution is -2.54. The van der Waals surface area contributed by atoms with E-state index in [1.807, 2.05) is 30.3 Å². The largest absolute Gasteiger partial charge is 0.445 e. The first-order chi connectivity index (χ1) is 15.6. The minimum absolute atomic E-state index is 0. The van der Waals surface area contributed by atoms with E-state index in [0.29, 0.717) is 12.8 Å². The highest BCUT2D eigenvalue weighted by atomic mass is 35.5. The number of nitrogens with one attached hydrogen (secondary N) is 1. The van der Waals surface area contributed by atoms with Crippen LogP contribution in [-0.2, 0) is 24.2 Å². The summed E-state index contributed by atoms with van der Waals surface area (Å²) in [6.07, 6.45) is 9.26. The fourth-order valence-corrected chi connectivity index (χ4v) is 3.69. The zero-order chi connectivity index (χ0) is 23.1. The van der Waals surface area contributed by atoms with Gasteiger partial charge in [-0.2, -0.15) is 0 Å². The third-order valence-electron chi connectivity index (χ3n) is 5.92. The molecule has 0 aliphatic heterocycles. The maximum Gasteiger partial charge on any atom is 0.408 e. The van der Waals surface area contributed by atoms with Crippen LogP contribution in [0, 0.1) is 0 Å². The average Bonchev–Trinajstić information content (AvgIpc) is 2.84. The van der Waals surface area contributed by atoms with Crippen molar-refractivity contribution in [2.24, 2.45) is 0 Å². The fraction of sp³-hybridized carbons (Fsp3) is 0.519. The zero-order valence-corrected chi connectivity index (χ0v) is 20.6. The number of carbonyl (C=O) groups is 1. The van der Waals surface area contributed by atoms with Crippen LogP contribution in [0.25, 0.3) is 0 Å². The molecule has 0 bridgehead atoms. The summed E-state index contributed by atoms with van der Waals surface area (Å²) >= 11 is 0. The Bertz CT molecular complexity index is 763. The fourth-order valence-electron chi connectivity index (χ4n) is 3.69. The molecule has 0 aliphatic carbocycles. The van der Waals surface area contributed by atoms with Crippen molar-refractivity contribution in [3.05, 3.63) is 71.3 Å². The first-order valence-electron chi connectivity index (χ1n) is 11.9. The monoisotopic (exact) mass is 477 g/mol. The Morgan fingerprint density at radius 3 is 2.00 bits per heavy atom. The number of rotatable bonds is 15. The molecule has 5 nitrogen and oxygen atoms in total. The van der Waals surface area contributed by atoms with Gasteiger partial charge in [-0.05, 0) is 42.4 Å². The summed E-state index contributed by atoms with van der Waals surface area (Å²) in [4.78, 5) is 12.2. The number of aryl methyl sites for hydroxylation is 2. The molecule has 2 rings (SSSR count). The molecule has 0 aromatic heterocycles. The van der Waals surface area contributed by atoms with E-state index in [1.54, 1.807) is 0 Å². The van der Waals surface area contributed by atoms with Crippen molar-refractivity contribution in [3.8, 4) is 0 Å². The van der Waals surface area contributed by atoms with Crippen LogP contribution in [0.2, 0.25) is 0 Å². The second kappa shape index (κ2) is 16.5.